The molecule has 0 aliphatic carbocycles. The highest BCUT2D eigenvalue weighted by Crippen LogP contribution is 2.21. The van der Waals surface area contributed by atoms with Gasteiger partial charge in [-0.3, -0.25) is 4.79 Å². The summed E-state index contributed by atoms with van der Waals surface area (Å²) < 4.78 is 0.955. The second kappa shape index (κ2) is 4.57. The molecule has 3 N–H and O–H groups in total. The third-order valence-corrected chi connectivity index (χ3v) is 2.71. The number of carbonyl (C=O) groups is 1. The van der Waals surface area contributed by atoms with Crippen LogP contribution < -0.4 is 5.73 Å². The first kappa shape index (κ1) is 11.2. The van der Waals surface area contributed by atoms with E-state index >= 15 is 0 Å². The standard InChI is InChI=1S/C10H12BrNO2/c1-6(10(13)14)9(12)7-2-4-8(11)5-3-7/h2-6,9H,12H2,1H3,(H,13,14)/t6-,9-/m1/s1. The molecule has 4 heteroatoms. The average molecular weight is 258 g/mol. The third-order valence-electron chi connectivity index (χ3n) is 2.18. The molecule has 1 aromatic carbocycles. The Labute approximate surface area is 91.1 Å². The minimum atomic E-state index is -0.875. The minimum absolute atomic E-state index is 0.458. The van der Waals surface area contributed by atoms with Gasteiger partial charge in [-0.25, -0.2) is 0 Å². The molecule has 0 radical (unpaired) electrons. The molecule has 0 bridgehead atoms. The van der Waals surface area contributed by atoms with Crippen molar-refractivity contribution in [1.29, 1.82) is 0 Å². The second-order valence-electron chi connectivity index (χ2n) is 3.20. The highest BCUT2D eigenvalue weighted by atomic mass is 79.9. The van der Waals surface area contributed by atoms with E-state index in [1.54, 1.807) is 6.92 Å². The molecule has 1 aromatic rings. The summed E-state index contributed by atoms with van der Waals surface area (Å²) in [6.45, 7) is 1.61. The SMILES string of the molecule is C[C@@H](C(=O)O)[C@@H](N)c1ccc(Br)cc1. The zero-order valence-electron chi connectivity index (χ0n) is 7.77. The molecule has 0 heterocycles. The Kier molecular flexibility index (Phi) is 3.66. The number of halogens is 1. The Morgan fingerprint density at radius 1 is 1.43 bits per heavy atom. The van der Waals surface area contributed by atoms with Crippen LogP contribution in [0.1, 0.15) is 18.5 Å². The lowest BCUT2D eigenvalue weighted by Gasteiger charge is -2.16. The lowest BCUT2D eigenvalue weighted by atomic mass is 9.96. The van der Waals surface area contributed by atoms with Gasteiger partial charge in [-0.2, -0.15) is 0 Å². The van der Waals surface area contributed by atoms with Gasteiger partial charge in [0.15, 0.2) is 0 Å². The number of benzene rings is 1. The molecular formula is C10H12BrNO2. The molecule has 14 heavy (non-hydrogen) atoms. The summed E-state index contributed by atoms with van der Waals surface area (Å²) in [5, 5.41) is 8.78. The monoisotopic (exact) mass is 257 g/mol. The van der Waals surface area contributed by atoms with E-state index in [4.69, 9.17) is 10.8 Å². The lowest BCUT2D eigenvalue weighted by Crippen LogP contribution is -2.25. The quantitative estimate of drug-likeness (QED) is 0.873. The molecule has 0 saturated carbocycles. The molecule has 1 rings (SSSR count). The van der Waals surface area contributed by atoms with Crippen molar-refractivity contribution in [3.05, 3.63) is 34.3 Å². The molecule has 0 spiro atoms. The van der Waals surface area contributed by atoms with Crippen molar-refractivity contribution < 1.29 is 9.90 Å². The summed E-state index contributed by atoms with van der Waals surface area (Å²) in [6.07, 6.45) is 0. The van der Waals surface area contributed by atoms with Crippen LogP contribution in [0.4, 0.5) is 0 Å². The largest absolute Gasteiger partial charge is 0.481 e. The molecule has 0 aliphatic rings. The molecule has 0 aromatic heterocycles. The van der Waals surface area contributed by atoms with Crippen LogP contribution in [0.5, 0.6) is 0 Å². The van der Waals surface area contributed by atoms with Gasteiger partial charge in [0.25, 0.3) is 0 Å². The van der Waals surface area contributed by atoms with Crippen LogP contribution in [0.15, 0.2) is 28.7 Å². The predicted molar refractivity (Wildman–Crippen MR) is 57.9 cm³/mol. The van der Waals surface area contributed by atoms with Crippen molar-refractivity contribution in [1.82, 2.24) is 0 Å². The van der Waals surface area contributed by atoms with Gasteiger partial charge in [0.05, 0.1) is 5.92 Å². The summed E-state index contributed by atoms with van der Waals surface area (Å²) in [6, 6.07) is 6.90. The van der Waals surface area contributed by atoms with Crippen molar-refractivity contribution in [2.24, 2.45) is 11.7 Å². The van der Waals surface area contributed by atoms with E-state index < -0.39 is 17.9 Å². The molecule has 0 unspecified atom stereocenters. The summed E-state index contributed by atoms with van der Waals surface area (Å²) in [4.78, 5) is 10.7. The van der Waals surface area contributed by atoms with Gasteiger partial charge in [0, 0.05) is 10.5 Å². The highest BCUT2D eigenvalue weighted by molar-refractivity contribution is 9.10. The molecule has 2 atom stereocenters. The third kappa shape index (κ3) is 2.56. The fourth-order valence-corrected chi connectivity index (χ4v) is 1.39. The normalized spacial score (nSPS) is 14.8. The van der Waals surface area contributed by atoms with Crippen LogP contribution in [0.2, 0.25) is 0 Å². The first-order chi connectivity index (χ1) is 6.52. The van der Waals surface area contributed by atoms with E-state index in [1.807, 2.05) is 24.3 Å². The molecular weight excluding hydrogens is 246 g/mol. The Hall–Kier alpha value is -0.870. The summed E-state index contributed by atoms with van der Waals surface area (Å²) >= 11 is 3.30. The van der Waals surface area contributed by atoms with Crippen LogP contribution in [-0.2, 0) is 4.79 Å². The van der Waals surface area contributed by atoms with E-state index in [1.165, 1.54) is 0 Å². The zero-order valence-corrected chi connectivity index (χ0v) is 9.36. The first-order valence-electron chi connectivity index (χ1n) is 4.26. The van der Waals surface area contributed by atoms with Gasteiger partial charge >= 0.3 is 5.97 Å². The van der Waals surface area contributed by atoms with Crippen molar-refractivity contribution in [2.75, 3.05) is 0 Å². The second-order valence-corrected chi connectivity index (χ2v) is 4.12. The number of hydrogen-bond donors (Lipinski definition) is 2. The number of carboxylic acids is 1. The zero-order chi connectivity index (χ0) is 10.7. The number of carboxylic acid groups (broad SMARTS) is 1. The Bertz CT molecular complexity index is 323. The molecule has 3 nitrogen and oxygen atoms in total. The molecule has 76 valence electrons. The van der Waals surface area contributed by atoms with Gasteiger partial charge in [-0.05, 0) is 17.7 Å². The van der Waals surface area contributed by atoms with Crippen molar-refractivity contribution in [3.63, 3.8) is 0 Å². The fourth-order valence-electron chi connectivity index (χ4n) is 1.13. The number of aliphatic carboxylic acids is 1. The van der Waals surface area contributed by atoms with E-state index in [9.17, 15) is 4.79 Å². The lowest BCUT2D eigenvalue weighted by molar-refractivity contribution is -0.141. The predicted octanol–water partition coefficient (Wildman–Crippen LogP) is 2.17. The van der Waals surface area contributed by atoms with Gasteiger partial charge in [0.2, 0.25) is 0 Å². The smallest absolute Gasteiger partial charge is 0.308 e. The van der Waals surface area contributed by atoms with Crippen LogP contribution in [0.25, 0.3) is 0 Å². The number of hydrogen-bond acceptors (Lipinski definition) is 2. The maximum absolute atomic E-state index is 10.7. The van der Waals surface area contributed by atoms with E-state index in [2.05, 4.69) is 15.9 Å². The average Bonchev–Trinajstić information content (AvgIpc) is 2.16. The summed E-state index contributed by atoms with van der Waals surface area (Å²) in [5.41, 5.74) is 6.63. The van der Waals surface area contributed by atoms with E-state index in [0.717, 1.165) is 10.0 Å². The molecule has 0 amide bonds. The van der Waals surface area contributed by atoms with Crippen LogP contribution in [0, 0.1) is 5.92 Å². The Morgan fingerprint density at radius 3 is 2.36 bits per heavy atom. The molecule has 0 aliphatic heterocycles. The van der Waals surface area contributed by atoms with Gasteiger partial charge in [-0.15, -0.1) is 0 Å². The van der Waals surface area contributed by atoms with E-state index in [-0.39, 0.29) is 0 Å². The fraction of sp³-hybridized carbons (Fsp3) is 0.300. The van der Waals surface area contributed by atoms with Crippen LogP contribution in [-0.4, -0.2) is 11.1 Å². The van der Waals surface area contributed by atoms with Crippen molar-refractivity contribution in [3.8, 4) is 0 Å². The van der Waals surface area contributed by atoms with Gasteiger partial charge < -0.3 is 10.8 Å². The Balaban J connectivity index is 2.84. The first-order valence-corrected chi connectivity index (χ1v) is 5.05. The maximum Gasteiger partial charge on any atom is 0.308 e. The molecule has 0 fully saturated rings. The van der Waals surface area contributed by atoms with Crippen LogP contribution in [0.3, 0.4) is 0 Å². The van der Waals surface area contributed by atoms with Crippen molar-refractivity contribution in [2.45, 2.75) is 13.0 Å². The number of nitrogens with two attached hydrogens (primary N) is 1. The maximum atomic E-state index is 10.7. The molecule has 0 saturated heterocycles. The number of rotatable bonds is 3. The highest BCUT2D eigenvalue weighted by Gasteiger charge is 2.20. The van der Waals surface area contributed by atoms with Gasteiger partial charge in [0.1, 0.15) is 0 Å². The minimum Gasteiger partial charge on any atom is -0.481 e. The summed E-state index contributed by atoms with van der Waals surface area (Å²) in [5.74, 6) is -1.45. The topological polar surface area (TPSA) is 63.3 Å². The van der Waals surface area contributed by atoms with Crippen LogP contribution >= 0.6 is 15.9 Å². The van der Waals surface area contributed by atoms with Crippen molar-refractivity contribution >= 4 is 21.9 Å². The Morgan fingerprint density at radius 2 is 1.93 bits per heavy atom. The van der Waals surface area contributed by atoms with Gasteiger partial charge in [-0.1, -0.05) is 35.0 Å². The summed E-state index contributed by atoms with van der Waals surface area (Å²) in [7, 11) is 0. The van der Waals surface area contributed by atoms with E-state index in [0.29, 0.717) is 0 Å².